The van der Waals surface area contributed by atoms with Gasteiger partial charge in [0, 0.05) is 41.3 Å². The third-order valence-corrected chi connectivity index (χ3v) is 7.96. The molecule has 1 aromatic heterocycles. The van der Waals surface area contributed by atoms with E-state index in [9.17, 15) is 0 Å². The number of thioether (sulfide) groups is 1. The van der Waals surface area contributed by atoms with Crippen molar-refractivity contribution in [3.05, 3.63) is 64.4 Å². The van der Waals surface area contributed by atoms with E-state index in [-0.39, 0.29) is 17.6 Å². The maximum absolute atomic E-state index is 6.98. The van der Waals surface area contributed by atoms with Crippen molar-refractivity contribution in [3.63, 3.8) is 0 Å². The average Bonchev–Trinajstić information content (AvgIpc) is 3.22. The fourth-order valence-electron chi connectivity index (χ4n) is 4.87. The summed E-state index contributed by atoms with van der Waals surface area (Å²) in [5.41, 5.74) is 5.83. The molecule has 1 saturated heterocycles. The second-order valence-electron chi connectivity index (χ2n) is 9.07. The Morgan fingerprint density at radius 2 is 2.03 bits per heavy atom. The van der Waals surface area contributed by atoms with Crippen molar-refractivity contribution in [2.24, 2.45) is 4.99 Å². The Morgan fingerprint density at radius 1 is 1.23 bits per heavy atom. The van der Waals surface area contributed by atoms with Crippen molar-refractivity contribution in [2.45, 2.75) is 50.6 Å². The van der Waals surface area contributed by atoms with Gasteiger partial charge in [0.1, 0.15) is 6.04 Å². The fraction of sp³-hybridized carbons (Fsp3) is 0.417. The second kappa shape index (κ2) is 7.03. The van der Waals surface area contributed by atoms with Crippen molar-refractivity contribution < 1.29 is 0 Å². The molecule has 2 aromatic rings. The van der Waals surface area contributed by atoms with E-state index in [4.69, 9.17) is 16.6 Å². The summed E-state index contributed by atoms with van der Waals surface area (Å²) in [7, 11) is 2.14. The number of nitrogens with zero attached hydrogens (tertiary/aromatic N) is 4. The predicted octanol–water partition coefficient (Wildman–Crippen LogP) is 5.96. The largest absolute Gasteiger partial charge is 0.365 e. The van der Waals surface area contributed by atoms with Gasteiger partial charge in [0.2, 0.25) is 0 Å². The molecule has 30 heavy (non-hydrogen) atoms. The van der Waals surface area contributed by atoms with Crippen molar-refractivity contribution in [1.82, 2.24) is 9.88 Å². The number of fused-ring (bicyclic) bond motifs is 2. The van der Waals surface area contributed by atoms with Crippen molar-refractivity contribution in [3.8, 4) is 0 Å². The summed E-state index contributed by atoms with van der Waals surface area (Å²) in [4.78, 5) is 14.5. The Balaban J connectivity index is 1.65. The average molecular weight is 439 g/mol. The van der Waals surface area contributed by atoms with Crippen LogP contribution in [0, 0.1) is 0 Å². The van der Waals surface area contributed by atoms with Gasteiger partial charge in [-0.2, -0.15) is 0 Å². The standard InChI is InChI=1S/C24H27ClN4S/c1-14-12-24(3,4)28(5)20-11-18(25)17(10-16(14)20)22-21(19-8-6-7-9-26-19)27-23-29(22)13-15(2)30-23/h6-12,15,21-22H,13H2,1-5H3/t15-,21-,22+/m0/s1. The van der Waals surface area contributed by atoms with E-state index in [1.54, 1.807) is 0 Å². The molecule has 0 N–H and O–H groups in total. The summed E-state index contributed by atoms with van der Waals surface area (Å²) in [6.45, 7) is 9.91. The van der Waals surface area contributed by atoms with Gasteiger partial charge in [-0.05, 0) is 56.2 Å². The predicted molar refractivity (Wildman–Crippen MR) is 128 cm³/mol. The lowest BCUT2D eigenvalue weighted by molar-refractivity contribution is 0.321. The van der Waals surface area contributed by atoms with Crippen LogP contribution < -0.4 is 4.90 Å². The number of aliphatic imine (C=N–C) groups is 1. The molecule has 156 valence electrons. The summed E-state index contributed by atoms with van der Waals surface area (Å²) in [5, 5.41) is 2.45. The van der Waals surface area contributed by atoms with Gasteiger partial charge >= 0.3 is 0 Å². The summed E-state index contributed by atoms with van der Waals surface area (Å²) in [5.74, 6) is 0. The normalized spacial score (nSPS) is 26.9. The molecule has 0 unspecified atom stereocenters. The molecule has 3 atom stereocenters. The summed E-state index contributed by atoms with van der Waals surface area (Å²) >= 11 is 8.83. The lowest BCUT2D eigenvalue weighted by Gasteiger charge is -2.41. The number of hydrogen-bond acceptors (Lipinski definition) is 5. The first-order valence-corrected chi connectivity index (χ1v) is 11.7. The molecule has 0 aliphatic carbocycles. The number of rotatable bonds is 2. The highest BCUT2D eigenvalue weighted by Crippen LogP contribution is 2.51. The molecule has 0 spiro atoms. The summed E-state index contributed by atoms with van der Waals surface area (Å²) in [6, 6.07) is 10.5. The number of pyridine rings is 1. The molecule has 1 aromatic carbocycles. The van der Waals surface area contributed by atoms with Crippen LogP contribution in [0.25, 0.3) is 5.57 Å². The van der Waals surface area contributed by atoms with E-state index in [2.05, 4.69) is 73.8 Å². The van der Waals surface area contributed by atoms with Crippen LogP contribution in [0.2, 0.25) is 5.02 Å². The lowest BCUT2D eigenvalue weighted by Crippen LogP contribution is -2.42. The molecule has 0 bridgehead atoms. The number of hydrogen-bond donors (Lipinski definition) is 0. The van der Waals surface area contributed by atoms with Crippen molar-refractivity contribution in [1.29, 1.82) is 0 Å². The third kappa shape index (κ3) is 3.05. The topological polar surface area (TPSA) is 31.7 Å². The first kappa shape index (κ1) is 20.0. The van der Waals surface area contributed by atoms with E-state index in [0.29, 0.717) is 5.25 Å². The number of benzene rings is 1. The number of anilines is 1. The first-order valence-electron chi connectivity index (χ1n) is 10.5. The molecule has 3 aliphatic rings. The second-order valence-corrected chi connectivity index (χ2v) is 10.9. The van der Waals surface area contributed by atoms with E-state index in [0.717, 1.165) is 28.0 Å². The molecule has 0 amide bonds. The van der Waals surface area contributed by atoms with Crippen LogP contribution in [0.1, 0.15) is 56.6 Å². The molecule has 1 fully saturated rings. The van der Waals surface area contributed by atoms with E-state index in [1.165, 1.54) is 16.8 Å². The Kier molecular flexibility index (Phi) is 4.67. The number of aromatic nitrogens is 1. The summed E-state index contributed by atoms with van der Waals surface area (Å²) < 4.78 is 0. The molecule has 0 saturated carbocycles. The van der Waals surface area contributed by atoms with Gasteiger partial charge in [0.05, 0.1) is 17.3 Å². The van der Waals surface area contributed by atoms with Gasteiger partial charge < -0.3 is 9.80 Å². The Labute approximate surface area is 188 Å². The summed E-state index contributed by atoms with van der Waals surface area (Å²) in [6.07, 6.45) is 4.19. The zero-order valence-corrected chi connectivity index (χ0v) is 19.6. The van der Waals surface area contributed by atoms with Gasteiger partial charge in [-0.25, -0.2) is 0 Å². The van der Waals surface area contributed by atoms with Crippen LogP contribution in [0.4, 0.5) is 5.69 Å². The number of allylic oxidation sites excluding steroid dienone is 1. The quantitative estimate of drug-likeness (QED) is 0.579. The lowest BCUT2D eigenvalue weighted by atomic mass is 9.86. The molecule has 6 heteroatoms. The zero-order chi connectivity index (χ0) is 21.2. The van der Waals surface area contributed by atoms with Crippen LogP contribution in [0.5, 0.6) is 0 Å². The van der Waals surface area contributed by atoms with Crippen LogP contribution in [0.3, 0.4) is 0 Å². The van der Waals surface area contributed by atoms with Crippen molar-refractivity contribution in [2.75, 3.05) is 18.5 Å². The first-order chi connectivity index (χ1) is 14.3. The highest BCUT2D eigenvalue weighted by molar-refractivity contribution is 8.14. The molecule has 5 rings (SSSR count). The third-order valence-electron chi connectivity index (χ3n) is 6.54. The van der Waals surface area contributed by atoms with Gasteiger partial charge in [0.25, 0.3) is 0 Å². The zero-order valence-electron chi connectivity index (χ0n) is 18.1. The molecular formula is C24H27ClN4S. The van der Waals surface area contributed by atoms with Crippen LogP contribution in [-0.2, 0) is 0 Å². The molecule has 0 radical (unpaired) electrons. The Hall–Kier alpha value is -1.98. The number of likely N-dealkylation sites (N-methyl/N-ethyl adjacent to an activating group) is 1. The van der Waals surface area contributed by atoms with E-state index in [1.807, 2.05) is 30.1 Å². The minimum absolute atomic E-state index is 0.0386. The number of amidine groups is 1. The SMILES string of the molecule is CC1=CC(C)(C)N(C)c2cc(Cl)c([C@@H]3[C@H](c4ccccn4)N=C4S[C@@H](C)CN43)cc21. The van der Waals surface area contributed by atoms with E-state index < -0.39 is 0 Å². The van der Waals surface area contributed by atoms with Gasteiger partial charge in [-0.1, -0.05) is 42.4 Å². The maximum Gasteiger partial charge on any atom is 0.160 e. The minimum atomic E-state index is -0.0428. The minimum Gasteiger partial charge on any atom is -0.365 e. The number of halogens is 1. The highest BCUT2D eigenvalue weighted by Gasteiger charge is 2.44. The van der Waals surface area contributed by atoms with Crippen LogP contribution >= 0.6 is 23.4 Å². The molecule has 3 aliphatic heterocycles. The fourth-order valence-corrected chi connectivity index (χ4v) is 6.23. The van der Waals surface area contributed by atoms with Crippen LogP contribution in [-0.4, -0.2) is 39.4 Å². The van der Waals surface area contributed by atoms with Gasteiger partial charge in [-0.3, -0.25) is 9.98 Å². The Bertz CT molecular complexity index is 1060. The highest BCUT2D eigenvalue weighted by atomic mass is 35.5. The maximum atomic E-state index is 6.98. The van der Waals surface area contributed by atoms with Gasteiger partial charge in [0.15, 0.2) is 5.17 Å². The monoisotopic (exact) mass is 438 g/mol. The van der Waals surface area contributed by atoms with Gasteiger partial charge in [-0.15, -0.1) is 0 Å². The van der Waals surface area contributed by atoms with Crippen molar-refractivity contribution >= 4 is 39.8 Å². The van der Waals surface area contributed by atoms with Crippen LogP contribution in [0.15, 0.2) is 47.6 Å². The Morgan fingerprint density at radius 3 is 2.77 bits per heavy atom. The smallest absolute Gasteiger partial charge is 0.160 e. The molecule has 4 nitrogen and oxygen atoms in total. The molecule has 4 heterocycles. The molecular weight excluding hydrogens is 412 g/mol. The van der Waals surface area contributed by atoms with E-state index >= 15 is 0 Å².